The molecule has 2 aromatic rings. The van der Waals surface area contributed by atoms with Gasteiger partial charge in [0.25, 0.3) is 0 Å². The van der Waals surface area contributed by atoms with Crippen LogP contribution in [0.15, 0.2) is 23.1 Å². The Balaban J connectivity index is 1.21. The van der Waals surface area contributed by atoms with Crippen LogP contribution >= 0.6 is 11.7 Å². The number of hydrogen-bond acceptors (Lipinski definition) is 6. The molecule has 1 N–H and O–H groups in total. The fourth-order valence-electron chi connectivity index (χ4n) is 5.84. The van der Waals surface area contributed by atoms with E-state index in [1.807, 2.05) is 0 Å². The van der Waals surface area contributed by atoms with Crippen LogP contribution in [0, 0.1) is 23.7 Å². The minimum absolute atomic E-state index is 0.0909. The fourth-order valence-corrected chi connectivity index (χ4v) is 8.06. The van der Waals surface area contributed by atoms with Crippen molar-refractivity contribution in [1.29, 1.82) is 0 Å². The van der Waals surface area contributed by atoms with E-state index in [9.17, 15) is 13.2 Å². The zero-order valence-corrected chi connectivity index (χ0v) is 18.8. The Hall–Kier alpha value is -1.58. The predicted molar refractivity (Wildman–Crippen MR) is 115 cm³/mol. The van der Waals surface area contributed by atoms with Crippen LogP contribution in [0.2, 0.25) is 0 Å². The van der Waals surface area contributed by atoms with Crippen LogP contribution in [0.5, 0.6) is 0 Å². The molecule has 2 bridgehead atoms. The van der Waals surface area contributed by atoms with E-state index in [1.54, 1.807) is 18.2 Å². The number of aromatic nitrogens is 2. The lowest BCUT2D eigenvalue weighted by Crippen LogP contribution is -2.47. The second-order valence-electron chi connectivity index (χ2n) is 9.20. The van der Waals surface area contributed by atoms with E-state index in [4.69, 9.17) is 0 Å². The summed E-state index contributed by atoms with van der Waals surface area (Å²) >= 11 is 1.02. The molecule has 0 unspecified atom stereocenters. The van der Waals surface area contributed by atoms with Crippen molar-refractivity contribution in [2.75, 3.05) is 13.1 Å². The minimum atomic E-state index is -3.64. The molecule has 5 rings (SSSR count). The van der Waals surface area contributed by atoms with Crippen molar-refractivity contribution in [2.24, 2.45) is 23.7 Å². The summed E-state index contributed by atoms with van der Waals surface area (Å²) in [6.07, 6.45) is 6.37. The maximum absolute atomic E-state index is 13.2. The van der Waals surface area contributed by atoms with Crippen LogP contribution in [0.1, 0.15) is 45.4 Å². The minimum Gasteiger partial charge on any atom is -0.353 e. The van der Waals surface area contributed by atoms with Gasteiger partial charge in [-0.2, -0.15) is 13.1 Å². The highest BCUT2D eigenvalue weighted by Gasteiger charge is 2.42. The van der Waals surface area contributed by atoms with Crippen molar-refractivity contribution in [2.45, 2.75) is 56.4 Å². The second-order valence-corrected chi connectivity index (χ2v) is 11.6. The number of hydrogen-bond donors (Lipinski definition) is 1. The van der Waals surface area contributed by atoms with E-state index in [-0.39, 0.29) is 22.8 Å². The van der Waals surface area contributed by atoms with Gasteiger partial charge in [0.05, 0.1) is 11.7 Å². The Morgan fingerprint density at radius 1 is 1.17 bits per heavy atom. The molecule has 1 saturated heterocycles. The summed E-state index contributed by atoms with van der Waals surface area (Å²) in [4.78, 5) is 13.1. The highest BCUT2D eigenvalue weighted by Crippen LogP contribution is 2.49. The van der Waals surface area contributed by atoms with Gasteiger partial charge in [-0.25, -0.2) is 8.42 Å². The zero-order chi connectivity index (χ0) is 20.9. The van der Waals surface area contributed by atoms with Crippen LogP contribution < -0.4 is 5.32 Å². The first-order valence-corrected chi connectivity index (χ1v) is 13.1. The number of nitrogens with zero attached hydrogens (tertiary/aromatic N) is 3. The fraction of sp³-hybridized carbons (Fsp3) is 0.667. The molecule has 1 amide bonds. The summed E-state index contributed by atoms with van der Waals surface area (Å²) in [5.74, 6) is 2.23. The molecular formula is C21H28N4O3S2. The first kappa shape index (κ1) is 20.3. The highest BCUT2D eigenvalue weighted by molar-refractivity contribution is 7.89. The number of piperidine rings is 1. The Morgan fingerprint density at radius 2 is 1.97 bits per heavy atom. The normalized spacial score (nSPS) is 28.8. The highest BCUT2D eigenvalue weighted by atomic mass is 32.2. The maximum atomic E-state index is 13.2. The molecule has 1 aromatic carbocycles. The summed E-state index contributed by atoms with van der Waals surface area (Å²) < 4.78 is 36.1. The second kappa shape index (κ2) is 7.84. The molecule has 7 nitrogen and oxygen atoms in total. The van der Waals surface area contributed by atoms with Crippen LogP contribution in [-0.4, -0.2) is 46.5 Å². The SMILES string of the molecule is C[C@@H](NC(=O)C1CCN(S(=O)(=O)c2cccc3nsnc23)CC1)[C@@H]1C[C@H]2CC[C@H]1C2. The van der Waals surface area contributed by atoms with Gasteiger partial charge < -0.3 is 5.32 Å². The van der Waals surface area contributed by atoms with Gasteiger partial charge in [-0.1, -0.05) is 12.5 Å². The number of sulfonamides is 1. The number of carbonyl (C=O) groups is 1. The number of fused-ring (bicyclic) bond motifs is 3. The summed E-state index contributed by atoms with van der Waals surface area (Å²) in [7, 11) is -3.64. The van der Waals surface area contributed by atoms with Crippen molar-refractivity contribution in [3.8, 4) is 0 Å². The molecule has 162 valence electrons. The third-order valence-electron chi connectivity index (χ3n) is 7.50. The van der Waals surface area contributed by atoms with Crippen molar-refractivity contribution < 1.29 is 13.2 Å². The van der Waals surface area contributed by atoms with E-state index in [2.05, 4.69) is 21.0 Å². The standard InChI is InChI=1S/C21H28N4O3S2/c1-13(17-12-14-5-6-16(17)11-14)22-21(26)15-7-9-25(10-8-15)30(27,28)19-4-2-3-18-20(19)24-29-23-18/h2-4,13-17H,5-12H2,1H3,(H,22,26)/t13-,14+,16+,17+/m1/s1. The molecule has 2 saturated carbocycles. The lowest BCUT2D eigenvalue weighted by molar-refractivity contribution is -0.127. The molecule has 1 aromatic heterocycles. The lowest BCUT2D eigenvalue weighted by atomic mass is 9.83. The van der Waals surface area contributed by atoms with Crippen molar-refractivity contribution >= 4 is 38.7 Å². The molecular weight excluding hydrogens is 420 g/mol. The number of carbonyl (C=O) groups excluding carboxylic acids is 1. The van der Waals surface area contributed by atoms with Gasteiger partial charge in [-0.3, -0.25) is 4.79 Å². The van der Waals surface area contributed by atoms with E-state index in [1.165, 1.54) is 30.0 Å². The largest absolute Gasteiger partial charge is 0.353 e. The average molecular weight is 449 g/mol. The molecule has 3 aliphatic rings. The van der Waals surface area contributed by atoms with E-state index < -0.39 is 10.0 Å². The Kier molecular flexibility index (Phi) is 5.31. The summed E-state index contributed by atoms with van der Waals surface area (Å²) in [6.45, 7) is 2.86. The third-order valence-corrected chi connectivity index (χ3v) is 9.97. The summed E-state index contributed by atoms with van der Waals surface area (Å²) in [5.41, 5.74) is 1.03. The summed E-state index contributed by atoms with van der Waals surface area (Å²) in [6, 6.07) is 5.28. The smallest absolute Gasteiger partial charge is 0.245 e. The molecule has 1 aliphatic heterocycles. The van der Waals surface area contributed by atoms with E-state index >= 15 is 0 Å². The molecule has 4 atom stereocenters. The average Bonchev–Trinajstić information content (AvgIpc) is 3.50. The van der Waals surface area contributed by atoms with Gasteiger partial charge in [0.15, 0.2) is 0 Å². The van der Waals surface area contributed by atoms with Gasteiger partial charge in [-0.05, 0) is 68.9 Å². The number of rotatable bonds is 5. The van der Waals surface area contributed by atoms with E-state index in [0.29, 0.717) is 42.9 Å². The molecule has 2 aliphatic carbocycles. The van der Waals surface area contributed by atoms with Crippen molar-refractivity contribution in [1.82, 2.24) is 18.4 Å². The molecule has 2 heterocycles. The van der Waals surface area contributed by atoms with Gasteiger partial charge >= 0.3 is 0 Å². The Morgan fingerprint density at radius 3 is 2.67 bits per heavy atom. The van der Waals surface area contributed by atoms with Gasteiger partial charge in [0.2, 0.25) is 15.9 Å². The molecule has 3 fully saturated rings. The number of amides is 1. The van der Waals surface area contributed by atoms with Crippen LogP contribution in [-0.2, 0) is 14.8 Å². The zero-order valence-electron chi connectivity index (χ0n) is 17.2. The number of benzene rings is 1. The van der Waals surface area contributed by atoms with Crippen molar-refractivity contribution in [3.63, 3.8) is 0 Å². The molecule has 9 heteroatoms. The predicted octanol–water partition coefficient (Wildman–Crippen LogP) is 3.03. The Bertz CT molecular complexity index is 1050. The third kappa shape index (κ3) is 3.54. The lowest BCUT2D eigenvalue weighted by Gasteiger charge is -2.33. The first-order chi connectivity index (χ1) is 14.4. The van der Waals surface area contributed by atoms with Gasteiger partial charge in [0.1, 0.15) is 15.9 Å². The molecule has 0 radical (unpaired) electrons. The van der Waals surface area contributed by atoms with Gasteiger partial charge in [0, 0.05) is 25.0 Å². The molecule has 30 heavy (non-hydrogen) atoms. The van der Waals surface area contributed by atoms with Crippen molar-refractivity contribution in [3.05, 3.63) is 18.2 Å². The van der Waals surface area contributed by atoms with Crippen LogP contribution in [0.4, 0.5) is 0 Å². The van der Waals surface area contributed by atoms with Crippen LogP contribution in [0.3, 0.4) is 0 Å². The van der Waals surface area contributed by atoms with Crippen LogP contribution in [0.25, 0.3) is 11.0 Å². The monoisotopic (exact) mass is 448 g/mol. The Labute approximate surface area is 181 Å². The topological polar surface area (TPSA) is 92.3 Å². The quantitative estimate of drug-likeness (QED) is 0.759. The first-order valence-electron chi connectivity index (χ1n) is 11.0. The van der Waals surface area contributed by atoms with E-state index in [0.717, 1.165) is 23.6 Å². The summed E-state index contributed by atoms with van der Waals surface area (Å²) in [5, 5.41) is 3.26. The number of nitrogens with one attached hydrogen (secondary N) is 1. The van der Waals surface area contributed by atoms with Gasteiger partial charge in [-0.15, -0.1) is 0 Å². The maximum Gasteiger partial charge on any atom is 0.245 e. The molecule has 0 spiro atoms.